The van der Waals surface area contributed by atoms with E-state index in [0.717, 1.165) is 5.56 Å². The summed E-state index contributed by atoms with van der Waals surface area (Å²) in [7, 11) is 0. The Morgan fingerprint density at radius 1 is 1.56 bits per heavy atom. The number of rotatable bonds is 4. The number of hydrogen-bond donors (Lipinski definition) is 2. The monoisotopic (exact) mass is 250 g/mol. The van der Waals surface area contributed by atoms with Gasteiger partial charge < -0.3 is 15.2 Å². The molecule has 2 rings (SSSR count). The van der Waals surface area contributed by atoms with Crippen molar-refractivity contribution in [3.05, 3.63) is 35.1 Å². The molecule has 2 N–H and O–H groups in total. The summed E-state index contributed by atoms with van der Waals surface area (Å²) in [6, 6.07) is 6.22. The van der Waals surface area contributed by atoms with Crippen LogP contribution in [0, 0.1) is 17.1 Å². The summed E-state index contributed by atoms with van der Waals surface area (Å²) in [4.78, 5) is 0. The highest BCUT2D eigenvalue weighted by Gasteiger charge is 2.31. The van der Waals surface area contributed by atoms with E-state index in [9.17, 15) is 9.50 Å². The predicted molar refractivity (Wildman–Crippen MR) is 63.2 cm³/mol. The zero-order chi connectivity index (χ0) is 13.0. The molecule has 0 spiro atoms. The van der Waals surface area contributed by atoms with Gasteiger partial charge in [-0.25, -0.2) is 4.39 Å². The molecular formula is C13H15FN2O2. The minimum Gasteiger partial charge on any atom is -0.386 e. The standard InChI is InChI=1S/C13H15FN2O2/c14-12-2-1-10(5-11(12)6-15)7-16-8-13(17)3-4-18-9-13/h1-2,5,16-17H,3-4,7-9H2. The molecule has 0 aromatic heterocycles. The number of nitrogens with zero attached hydrogens (tertiary/aromatic N) is 1. The van der Waals surface area contributed by atoms with Gasteiger partial charge in [-0.15, -0.1) is 0 Å². The Morgan fingerprint density at radius 3 is 3.06 bits per heavy atom. The van der Waals surface area contributed by atoms with Gasteiger partial charge in [0.25, 0.3) is 0 Å². The molecule has 1 heterocycles. The van der Waals surface area contributed by atoms with Crippen molar-refractivity contribution in [1.82, 2.24) is 5.32 Å². The molecule has 1 aromatic rings. The van der Waals surface area contributed by atoms with Crippen LogP contribution in [0.15, 0.2) is 18.2 Å². The molecule has 96 valence electrons. The summed E-state index contributed by atoms with van der Waals surface area (Å²) in [5.41, 5.74) is 0.0469. The van der Waals surface area contributed by atoms with E-state index in [-0.39, 0.29) is 5.56 Å². The van der Waals surface area contributed by atoms with Crippen molar-refractivity contribution in [2.75, 3.05) is 19.8 Å². The molecule has 0 bridgehead atoms. The molecular weight excluding hydrogens is 235 g/mol. The normalized spacial score (nSPS) is 22.9. The van der Waals surface area contributed by atoms with Crippen LogP contribution >= 0.6 is 0 Å². The Labute approximate surface area is 105 Å². The van der Waals surface area contributed by atoms with Gasteiger partial charge >= 0.3 is 0 Å². The average molecular weight is 250 g/mol. The van der Waals surface area contributed by atoms with Crippen LogP contribution in [0.5, 0.6) is 0 Å². The Kier molecular flexibility index (Phi) is 3.92. The highest BCUT2D eigenvalue weighted by atomic mass is 19.1. The number of benzene rings is 1. The van der Waals surface area contributed by atoms with Gasteiger partial charge in [0, 0.05) is 26.1 Å². The minimum atomic E-state index is -0.807. The molecule has 1 aliphatic rings. The maximum atomic E-state index is 13.1. The van der Waals surface area contributed by atoms with Crippen LogP contribution in [-0.4, -0.2) is 30.5 Å². The van der Waals surface area contributed by atoms with Gasteiger partial charge in [-0.1, -0.05) is 6.07 Å². The molecule has 0 radical (unpaired) electrons. The van der Waals surface area contributed by atoms with Gasteiger partial charge in [-0.05, 0) is 17.7 Å². The largest absolute Gasteiger partial charge is 0.386 e. The van der Waals surface area contributed by atoms with E-state index in [4.69, 9.17) is 10.00 Å². The van der Waals surface area contributed by atoms with Crippen molar-refractivity contribution in [3.8, 4) is 6.07 Å². The van der Waals surface area contributed by atoms with Gasteiger partial charge in [0.1, 0.15) is 17.5 Å². The number of halogens is 1. The summed E-state index contributed by atoms with van der Waals surface area (Å²) in [6.07, 6.45) is 0.618. The zero-order valence-electron chi connectivity index (χ0n) is 9.95. The molecule has 0 amide bonds. The van der Waals surface area contributed by atoms with E-state index in [1.807, 2.05) is 0 Å². The number of nitrogens with one attached hydrogen (secondary N) is 1. The van der Waals surface area contributed by atoms with Crippen LogP contribution < -0.4 is 5.32 Å². The lowest BCUT2D eigenvalue weighted by Gasteiger charge is -2.20. The van der Waals surface area contributed by atoms with Crippen LogP contribution in [0.1, 0.15) is 17.5 Å². The first-order chi connectivity index (χ1) is 8.63. The van der Waals surface area contributed by atoms with Crippen LogP contribution in [0.4, 0.5) is 4.39 Å². The Morgan fingerprint density at radius 2 is 2.39 bits per heavy atom. The molecule has 1 unspecified atom stereocenters. The van der Waals surface area contributed by atoms with Crippen molar-refractivity contribution in [2.45, 2.75) is 18.6 Å². The molecule has 4 nitrogen and oxygen atoms in total. The number of hydrogen-bond acceptors (Lipinski definition) is 4. The first-order valence-electron chi connectivity index (χ1n) is 5.82. The second-order valence-corrected chi connectivity index (χ2v) is 4.56. The van der Waals surface area contributed by atoms with E-state index >= 15 is 0 Å². The van der Waals surface area contributed by atoms with Gasteiger partial charge in [0.15, 0.2) is 0 Å². The van der Waals surface area contributed by atoms with Crippen LogP contribution in [0.25, 0.3) is 0 Å². The fourth-order valence-electron chi connectivity index (χ4n) is 1.94. The van der Waals surface area contributed by atoms with Crippen LogP contribution in [0.3, 0.4) is 0 Å². The van der Waals surface area contributed by atoms with Gasteiger partial charge in [0.2, 0.25) is 0 Å². The van der Waals surface area contributed by atoms with Crippen molar-refractivity contribution < 1.29 is 14.2 Å². The van der Waals surface area contributed by atoms with Gasteiger partial charge in [0.05, 0.1) is 12.2 Å². The summed E-state index contributed by atoms with van der Waals surface area (Å²) in [5.74, 6) is -0.510. The smallest absolute Gasteiger partial charge is 0.140 e. The van der Waals surface area contributed by atoms with E-state index in [0.29, 0.717) is 32.7 Å². The zero-order valence-corrected chi connectivity index (χ0v) is 9.95. The average Bonchev–Trinajstić information content (AvgIpc) is 2.78. The van der Waals surface area contributed by atoms with E-state index in [1.165, 1.54) is 12.1 Å². The van der Waals surface area contributed by atoms with E-state index in [1.54, 1.807) is 12.1 Å². The Hall–Kier alpha value is -1.48. The quantitative estimate of drug-likeness (QED) is 0.834. The summed E-state index contributed by atoms with van der Waals surface area (Å²) < 4.78 is 18.2. The predicted octanol–water partition coefficient (Wildman–Crippen LogP) is 0.938. The number of nitriles is 1. The van der Waals surface area contributed by atoms with Gasteiger partial charge in [-0.3, -0.25) is 0 Å². The van der Waals surface area contributed by atoms with Crippen molar-refractivity contribution in [2.24, 2.45) is 0 Å². The van der Waals surface area contributed by atoms with Crippen molar-refractivity contribution >= 4 is 0 Å². The lowest BCUT2D eigenvalue weighted by Crippen LogP contribution is -2.40. The first kappa shape index (κ1) is 13.0. The minimum absolute atomic E-state index is 0.0391. The maximum Gasteiger partial charge on any atom is 0.140 e. The molecule has 1 saturated heterocycles. The topological polar surface area (TPSA) is 65.3 Å². The van der Waals surface area contributed by atoms with Crippen molar-refractivity contribution in [1.29, 1.82) is 5.26 Å². The molecule has 18 heavy (non-hydrogen) atoms. The Bertz CT molecular complexity index is 465. The highest BCUT2D eigenvalue weighted by molar-refractivity contribution is 5.34. The lowest BCUT2D eigenvalue weighted by atomic mass is 10.0. The van der Waals surface area contributed by atoms with Gasteiger partial charge in [-0.2, -0.15) is 5.26 Å². The molecule has 1 aromatic carbocycles. The lowest BCUT2D eigenvalue weighted by molar-refractivity contribution is 0.0268. The van der Waals surface area contributed by atoms with E-state index in [2.05, 4.69) is 5.32 Å². The maximum absolute atomic E-state index is 13.1. The van der Waals surface area contributed by atoms with E-state index < -0.39 is 11.4 Å². The number of aliphatic hydroxyl groups is 1. The third kappa shape index (κ3) is 3.05. The van der Waals surface area contributed by atoms with Crippen molar-refractivity contribution in [3.63, 3.8) is 0 Å². The second-order valence-electron chi connectivity index (χ2n) is 4.56. The second kappa shape index (κ2) is 5.44. The number of ether oxygens (including phenoxy) is 1. The fourth-order valence-corrected chi connectivity index (χ4v) is 1.94. The molecule has 1 atom stereocenters. The molecule has 0 saturated carbocycles. The summed E-state index contributed by atoms with van der Waals surface area (Å²) in [6.45, 7) is 1.82. The molecule has 1 fully saturated rings. The van der Waals surface area contributed by atoms with Crippen LogP contribution in [0.2, 0.25) is 0 Å². The fraction of sp³-hybridized carbons (Fsp3) is 0.462. The Balaban J connectivity index is 1.89. The molecule has 5 heteroatoms. The molecule has 0 aliphatic carbocycles. The third-order valence-corrected chi connectivity index (χ3v) is 3.02. The molecule has 1 aliphatic heterocycles. The summed E-state index contributed by atoms with van der Waals surface area (Å²) >= 11 is 0. The highest BCUT2D eigenvalue weighted by Crippen LogP contribution is 2.17. The third-order valence-electron chi connectivity index (χ3n) is 3.02. The summed E-state index contributed by atoms with van der Waals surface area (Å²) in [5, 5.41) is 21.8. The SMILES string of the molecule is N#Cc1cc(CNCC2(O)CCOC2)ccc1F. The first-order valence-corrected chi connectivity index (χ1v) is 5.82. The van der Waals surface area contributed by atoms with Crippen LogP contribution in [-0.2, 0) is 11.3 Å².